The number of aliphatic hydroxyl groups is 1. The Morgan fingerprint density at radius 2 is 1.79 bits per heavy atom. The van der Waals surface area contributed by atoms with E-state index in [1.54, 1.807) is 26.2 Å². The maximum Gasteiger partial charge on any atom is 0.169 e. The lowest BCUT2D eigenvalue weighted by Crippen LogP contribution is -2.58. The molecule has 5 rings (SSSR count). The minimum absolute atomic E-state index is 0.0598. The Balaban J connectivity index is 1.35. The van der Waals surface area contributed by atoms with Crippen LogP contribution in [-0.4, -0.2) is 29.4 Å². The number of hydrogen-bond donors (Lipinski definition) is 1. The highest BCUT2D eigenvalue weighted by Crippen LogP contribution is 2.68. The van der Waals surface area contributed by atoms with Crippen molar-refractivity contribution in [3.63, 3.8) is 0 Å². The van der Waals surface area contributed by atoms with Gasteiger partial charge in [-0.25, -0.2) is 4.39 Å². The zero-order valence-corrected chi connectivity index (χ0v) is 21.0. The van der Waals surface area contributed by atoms with Crippen LogP contribution in [0.4, 0.5) is 4.39 Å². The molecule has 0 spiro atoms. The van der Waals surface area contributed by atoms with E-state index in [2.05, 4.69) is 19.9 Å². The fourth-order valence-corrected chi connectivity index (χ4v) is 8.59. The normalized spacial score (nSPS) is 43.5. The predicted molar refractivity (Wildman–Crippen MR) is 128 cm³/mol. The summed E-state index contributed by atoms with van der Waals surface area (Å²) < 4.78 is 25.2. The number of fused-ring (bicyclic) bond motifs is 5. The molecule has 7 unspecified atom stereocenters. The van der Waals surface area contributed by atoms with Crippen LogP contribution in [0.25, 0.3) is 0 Å². The first-order valence-corrected chi connectivity index (χ1v) is 12.9. The fourth-order valence-electron chi connectivity index (χ4n) is 8.59. The van der Waals surface area contributed by atoms with Gasteiger partial charge in [0.15, 0.2) is 11.6 Å². The first-order chi connectivity index (χ1) is 16.1. The summed E-state index contributed by atoms with van der Waals surface area (Å²) >= 11 is 0. The third-order valence-corrected chi connectivity index (χ3v) is 10.6. The van der Waals surface area contributed by atoms with Crippen molar-refractivity contribution in [3.8, 4) is 0 Å². The van der Waals surface area contributed by atoms with Crippen molar-refractivity contribution in [1.29, 1.82) is 0 Å². The van der Waals surface area contributed by atoms with Gasteiger partial charge in [0.05, 0.1) is 6.61 Å². The van der Waals surface area contributed by atoms with Gasteiger partial charge in [-0.1, -0.05) is 37.6 Å². The second-order valence-electron chi connectivity index (χ2n) is 11.9. The smallest absolute Gasteiger partial charge is 0.169 e. The summed E-state index contributed by atoms with van der Waals surface area (Å²) in [6.45, 7) is 6.67. The van der Waals surface area contributed by atoms with E-state index in [1.165, 1.54) is 17.7 Å². The molecule has 186 valence electrons. The molecule has 7 atom stereocenters. The molecule has 1 aromatic rings. The number of benzene rings is 1. The van der Waals surface area contributed by atoms with E-state index in [1.807, 2.05) is 0 Å². The summed E-state index contributed by atoms with van der Waals surface area (Å²) in [4.78, 5) is 12.8. The lowest BCUT2D eigenvalue weighted by atomic mass is 9.46. The van der Waals surface area contributed by atoms with Gasteiger partial charge in [0.25, 0.3) is 0 Å². The minimum Gasteiger partial charge on any atom is -0.370 e. The van der Waals surface area contributed by atoms with E-state index in [0.29, 0.717) is 30.6 Å². The van der Waals surface area contributed by atoms with Crippen molar-refractivity contribution in [2.45, 2.75) is 90.1 Å². The monoisotopic (exact) mass is 470 g/mol. The Hall–Kier alpha value is -1.56. The molecule has 1 aromatic carbocycles. The number of rotatable bonds is 5. The van der Waals surface area contributed by atoms with Crippen LogP contribution < -0.4 is 0 Å². The molecule has 4 aliphatic carbocycles. The Morgan fingerprint density at radius 1 is 1.09 bits per heavy atom. The first-order valence-electron chi connectivity index (χ1n) is 12.9. The highest BCUT2D eigenvalue weighted by atomic mass is 19.1. The lowest BCUT2D eigenvalue weighted by molar-refractivity contribution is -0.232. The molecule has 5 heteroatoms. The summed E-state index contributed by atoms with van der Waals surface area (Å²) in [5, 5.41) is 11.3. The standard InChI is InChI=1S/C29H39FO4/c1-19(31)29(33-4)14-12-25-23-10-7-21-17-28(32,34-18-20-5-8-22(30)9-6-20)16-15-26(21,2)24(23)11-13-27(25,29)3/h5-9,23-25,32H,10-18H2,1-4H3. The molecule has 0 saturated heterocycles. The van der Waals surface area contributed by atoms with Crippen molar-refractivity contribution >= 4 is 5.78 Å². The maximum atomic E-state index is 13.2. The van der Waals surface area contributed by atoms with Crippen molar-refractivity contribution in [2.24, 2.45) is 28.6 Å². The second-order valence-corrected chi connectivity index (χ2v) is 11.9. The number of carbonyl (C=O) groups excluding carboxylic acids is 1. The quantitative estimate of drug-likeness (QED) is 0.426. The van der Waals surface area contributed by atoms with E-state index < -0.39 is 11.4 Å². The molecular formula is C29H39FO4. The van der Waals surface area contributed by atoms with Gasteiger partial charge in [-0.3, -0.25) is 4.79 Å². The third-order valence-electron chi connectivity index (χ3n) is 10.6. The summed E-state index contributed by atoms with van der Waals surface area (Å²) in [6, 6.07) is 6.26. The third kappa shape index (κ3) is 3.45. The van der Waals surface area contributed by atoms with E-state index in [-0.39, 0.29) is 29.0 Å². The number of carbonyl (C=O) groups is 1. The topological polar surface area (TPSA) is 55.8 Å². The second kappa shape index (κ2) is 8.25. The minimum atomic E-state index is -1.18. The lowest BCUT2D eigenvalue weighted by Gasteiger charge is -2.59. The van der Waals surface area contributed by atoms with Crippen LogP contribution in [0.3, 0.4) is 0 Å². The van der Waals surface area contributed by atoms with E-state index in [9.17, 15) is 14.3 Å². The molecule has 0 bridgehead atoms. The summed E-state index contributed by atoms with van der Waals surface area (Å²) in [6.07, 6.45) is 9.39. The van der Waals surface area contributed by atoms with Crippen LogP contribution in [0.5, 0.6) is 0 Å². The fraction of sp³-hybridized carbons (Fsp3) is 0.690. The van der Waals surface area contributed by atoms with E-state index in [4.69, 9.17) is 9.47 Å². The molecule has 4 aliphatic rings. The number of ketones is 1. The van der Waals surface area contributed by atoms with Crippen LogP contribution in [0.2, 0.25) is 0 Å². The van der Waals surface area contributed by atoms with Gasteiger partial charge in [0.2, 0.25) is 0 Å². The Morgan fingerprint density at radius 3 is 2.47 bits per heavy atom. The molecule has 0 amide bonds. The summed E-state index contributed by atoms with van der Waals surface area (Å²) in [5.41, 5.74) is 1.50. The Labute approximate surface area is 202 Å². The molecule has 0 aliphatic heterocycles. The Kier molecular flexibility index (Phi) is 5.86. The average molecular weight is 471 g/mol. The van der Waals surface area contributed by atoms with Gasteiger partial charge in [-0.05, 0) is 86.3 Å². The van der Waals surface area contributed by atoms with Crippen molar-refractivity contribution in [1.82, 2.24) is 0 Å². The highest BCUT2D eigenvalue weighted by Gasteiger charge is 2.66. The summed E-state index contributed by atoms with van der Waals surface area (Å²) in [7, 11) is 1.72. The molecule has 0 radical (unpaired) electrons. The Bertz CT molecular complexity index is 988. The van der Waals surface area contributed by atoms with Crippen LogP contribution >= 0.6 is 0 Å². The average Bonchev–Trinajstić information content (AvgIpc) is 3.13. The van der Waals surface area contributed by atoms with Crippen molar-refractivity contribution in [3.05, 3.63) is 47.3 Å². The molecule has 0 aromatic heterocycles. The van der Waals surface area contributed by atoms with Crippen LogP contribution in [0.1, 0.15) is 77.7 Å². The largest absolute Gasteiger partial charge is 0.370 e. The van der Waals surface area contributed by atoms with Gasteiger partial charge in [-0.2, -0.15) is 0 Å². The predicted octanol–water partition coefficient (Wildman–Crippen LogP) is 5.97. The zero-order valence-electron chi connectivity index (χ0n) is 21.0. The van der Waals surface area contributed by atoms with Crippen LogP contribution in [0, 0.1) is 34.4 Å². The van der Waals surface area contributed by atoms with Crippen molar-refractivity contribution in [2.75, 3.05) is 7.11 Å². The van der Waals surface area contributed by atoms with Gasteiger partial charge in [-0.15, -0.1) is 0 Å². The highest BCUT2D eigenvalue weighted by molar-refractivity contribution is 5.86. The number of hydrogen-bond acceptors (Lipinski definition) is 4. The maximum absolute atomic E-state index is 13.2. The van der Waals surface area contributed by atoms with Gasteiger partial charge in [0.1, 0.15) is 11.4 Å². The first kappa shape index (κ1) is 24.1. The number of allylic oxidation sites excluding steroid dienone is 1. The van der Waals surface area contributed by atoms with Crippen LogP contribution in [0.15, 0.2) is 35.9 Å². The molecule has 4 nitrogen and oxygen atoms in total. The zero-order chi connectivity index (χ0) is 24.4. The van der Waals surface area contributed by atoms with Gasteiger partial charge in [0, 0.05) is 25.4 Å². The number of methoxy groups -OCH3 is 1. The number of halogens is 1. The summed E-state index contributed by atoms with van der Waals surface area (Å²) in [5.74, 6) is 0.331. The molecular weight excluding hydrogens is 431 g/mol. The molecule has 3 saturated carbocycles. The van der Waals surface area contributed by atoms with E-state index >= 15 is 0 Å². The van der Waals surface area contributed by atoms with Crippen molar-refractivity contribution < 1.29 is 23.8 Å². The molecule has 3 fully saturated rings. The van der Waals surface area contributed by atoms with Gasteiger partial charge < -0.3 is 14.6 Å². The van der Waals surface area contributed by atoms with E-state index in [0.717, 1.165) is 44.1 Å². The van der Waals surface area contributed by atoms with Crippen LogP contribution in [-0.2, 0) is 20.9 Å². The number of ether oxygens (including phenoxy) is 2. The SMILES string of the molecule is COC1(C(C)=O)CCC2C3CC=C4CC(O)(OCc5ccc(F)cc5)CCC4(C)C3CCC21C. The molecule has 0 heterocycles. The van der Waals surface area contributed by atoms with Gasteiger partial charge >= 0.3 is 0 Å². The number of Topliss-reactive ketones (excluding diaryl/α,β-unsaturated/α-hetero) is 1. The molecule has 1 N–H and O–H groups in total. The molecule has 34 heavy (non-hydrogen) atoms.